The highest BCUT2D eigenvalue weighted by atomic mass is 32.1. The van der Waals surface area contributed by atoms with E-state index in [1.165, 1.54) is 16.7 Å². The van der Waals surface area contributed by atoms with Crippen LogP contribution in [0.15, 0.2) is 42.7 Å². The number of hydrogen-bond acceptors (Lipinski definition) is 2. The van der Waals surface area contributed by atoms with E-state index in [1.54, 1.807) is 12.4 Å². The highest BCUT2D eigenvalue weighted by Gasteiger charge is 2.13. The van der Waals surface area contributed by atoms with Gasteiger partial charge in [-0.25, -0.2) is 0 Å². The molecule has 3 nitrogen and oxygen atoms in total. The van der Waals surface area contributed by atoms with Crippen molar-refractivity contribution in [1.29, 1.82) is 0 Å². The molecule has 1 atom stereocenters. The van der Waals surface area contributed by atoms with Crippen LogP contribution in [0.1, 0.15) is 36.1 Å². The van der Waals surface area contributed by atoms with Crippen molar-refractivity contribution < 1.29 is 0 Å². The minimum atomic E-state index is 0.210. The Kier molecular flexibility index (Phi) is 5.28. The molecule has 21 heavy (non-hydrogen) atoms. The molecule has 110 valence electrons. The molecule has 0 aliphatic heterocycles. The molecule has 0 saturated heterocycles. The van der Waals surface area contributed by atoms with E-state index >= 15 is 0 Å². The molecule has 1 aromatic carbocycles. The zero-order valence-corrected chi connectivity index (χ0v) is 13.5. The van der Waals surface area contributed by atoms with E-state index in [9.17, 15) is 0 Å². The number of anilines is 1. The summed E-state index contributed by atoms with van der Waals surface area (Å²) in [5, 5.41) is 7.17. The Morgan fingerprint density at radius 1 is 1.29 bits per heavy atom. The first kappa shape index (κ1) is 15.4. The number of pyridine rings is 1. The number of thiocarbonyl (C=S) groups is 1. The van der Waals surface area contributed by atoms with Crippen LogP contribution in [0.3, 0.4) is 0 Å². The van der Waals surface area contributed by atoms with Crippen LogP contribution >= 0.6 is 12.2 Å². The van der Waals surface area contributed by atoms with Crippen molar-refractivity contribution in [1.82, 2.24) is 10.3 Å². The molecule has 0 spiro atoms. The van der Waals surface area contributed by atoms with Gasteiger partial charge < -0.3 is 10.6 Å². The summed E-state index contributed by atoms with van der Waals surface area (Å²) in [7, 11) is 0. The third-order valence-corrected chi connectivity index (χ3v) is 3.65. The van der Waals surface area contributed by atoms with Crippen LogP contribution in [0.5, 0.6) is 0 Å². The Bertz CT molecular complexity index is 611. The molecule has 1 aromatic heterocycles. The van der Waals surface area contributed by atoms with Crippen molar-refractivity contribution in [2.24, 2.45) is 0 Å². The number of nitrogens with zero attached hydrogens (tertiary/aromatic N) is 1. The second kappa shape index (κ2) is 7.18. The highest BCUT2D eigenvalue weighted by Crippen LogP contribution is 2.21. The van der Waals surface area contributed by atoms with E-state index in [0.29, 0.717) is 5.11 Å². The average Bonchev–Trinajstić information content (AvgIpc) is 2.46. The normalized spacial score (nSPS) is 11.8. The van der Waals surface area contributed by atoms with E-state index in [0.717, 1.165) is 12.1 Å². The van der Waals surface area contributed by atoms with Crippen LogP contribution in [-0.4, -0.2) is 10.1 Å². The third-order valence-electron chi connectivity index (χ3n) is 3.43. The Morgan fingerprint density at radius 2 is 2.10 bits per heavy atom. The molecule has 0 aliphatic carbocycles. The van der Waals surface area contributed by atoms with Crippen molar-refractivity contribution in [2.75, 3.05) is 5.32 Å². The predicted octanol–water partition coefficient (Wildman–Crippen LogP) is 4.14. The summed E-state index contributed by atoms with van der Waals surface area (Å²) in [6.07, 6.45) is 4.47. The van der Waals surface area contributed by atoms with Gasteiger partial charge in [0.15, 0.2) is 5.11 Å². The van der Waals surface area contributed by atoms with E-state index in [1.807, 2.05) is 12.1 Å². The molecule has 0 amide bonds. The van der Waals surface area contributed by atoms with Gasteiger partial charge in [0.25, 0.3) is 0 Å². The zero-order chi connectivity index (χ0) is 15.2. The Hall–Kier alpha value is -1.94. The Morgan fingerprint density at radius 3 is 2.71 bits per heavy atom. The molecule has 2 aromatic rings. The molecule has 0 saturated carbocycles. The summed E-state index contributed by atoms with van der Waals surface area (Å²) in [5.41, 5.74) is 4.75. The van der Waals surface area contributed by atoms with Crippen molar-refractivity contribution >= 4 is 23.0 Å². The number of rotatable bonds is 4. The summed E-state index contributed by atoms with van der Waals surface area (Å²) in [6, 6.07) is 10.6. The van der Waals surface area contributed by atoms with Crippen LogP contribution in [-0.2, 0) is 0 Å². The third kappa shape index (κ3) is 4.26. The van der Waals surface area contributed by atoms with Gasteiger partial charge in [-0.15, -0.1) is 0 Å². The molecular formula is C17H21N3S. The summed E-state index contributed by atoms with van der Waals surface area (Å²) < 4.78 is 0. The maximum absolute atomic E-state index is 5.40. The molecule has 0 bridgehead atoms. The molecule has 0 radical (unpaired) electrons. The Labute approximate surface area is 131 Å². The van der Waals surface area contributed by atoms with Crippen LogP contribution in [0.25, 0.3) is 0 Å². The standard InChI is InChI=1S/C17H21N3S/c1-4-16(15-8-7-12(2)10-13(15)3)20-17(21)19-14-6-5-9-18-11-14/h5-11,16H,4H2,1-3H3,(H2,19,20,21)/t16-/m1/s1. The maximum atomic E-state index is 5.40. The quantitative estimate of drug-likeness (QED) is 0.832. The van der Waals surface area contributed by atoms with Gasteiger partial charge in [-0.1, -0.05) is 30.7 Å². The molecule has 1 heterocycles. The van der Waals surface area contributed by atoms with Crippen LogP contribution in [0, 0.1) is 13.8 Å². The molecule has 4 heteroatoms. The maximum Gasteiger partial charge on any atom is 0.171 e. The number of nitrogens with one attached hydrogen (secondary N) is 2. The summed E-state index contributed by atoms with van der Waals surface area (Å²) in [5.74, 6) is 0. The fraction of sp³-hybridized carbons (Fsp3) is 0.294. The van der Waals surface area contributed by atoms with Gasteiger partial charge in [0.2, 0.25) is 0 Å². The first-order valence-corrected chi connectivity index (χ1v) is 7.55. The number of hydrogen-bond donors (Lipinski definition) is 2. The number of benzene rings is 1. The van der Waals surface area contributed by atoms with Crippen LogP contribution in [0.2, 0.25) is 0 Å². The zero-order valence-electron chi connectivity index (χ0n) is 12.7. The second-order valence-corrected chi connectivity index (χ2v) is 5.57. The fourth-order valence-electron chi connectivity index (χ4n) is 2.38. The summed E-state index contributed by atoms with van der Waals surface area (Å²) >= 11 is 5.40. The molecule has 2 rings (SSSR count). The van der Waals surface area contributed by atoms with E-state index in [2.05, 4.69) is 54.6 Å². The van der Waals surface area contributed by atoms with Gasteiger partial charge in [-0.3, -0.25) is 4.98 Å². The first-order chi connectivity index (χ1) is 10.1. The Balaban J connectivity index is 2.06. The molecule has 0 unspecified atom stereocenters. The van der Waals surface area contributed by atoms with Crippen LogP contribution < -0.4 is 10.6 Å². The van der Waals surface area contributed by atoms with Gasteiger partial charge in [0, 0.05) is 6.20 Å². The lowest BCUT2D eigenvalue weighted by molar-refractivity contribution is 0.625. The fourth-order valence-corrected chi connectivity index (χ4v) is 2.64. The smallest absolute Gasteiger partial charge is 0.171 e. The summed E-state index contributed by atoms with van der Waals surface area (Å²) in [4.78, 5) is 4.07. The average molecular weight is 299 g/mol. The minimum Gasteiger partial charge on any atom is -0.356 e. The predicted molar refractivity (Wildman–Crippen MR) is 92.5 cm³/mol. The minimum absolute atomic E-state index is 0.210. The second-order valence-electron chi connectivity index (χ2n) is 5.16. The van der Waals surface area contributed by atoms with Crippen molar-refractivity contribution in [3.05, 3.63) is 59.4 Å². The SMILES string of the molecule is CC[C@@H](NC(=S)Nc1cccnc1)c1ccc(C)cc1C. The summed E-state index contributed by atoms with van der Waals surface area (Å²) in [6.45, 7) is 6.41. The lowest BCUT2D eigenvalue weighted by Crippen LogP contribution is -2.32. The van der Waals surface area contributed by atoms with Crippen molar-refractivity contribution in [3.8, 4) is 0 Å². The lowest BCUT2D eigenvalue weighted by Gasteiger charge is -2.22. The first-order valence-electron chi connectivity index (χ1n) is 7.15. The highest BCUT2D eigenvalue weighted by molar-refractivity contribution is 7.80. The largest absolute Gasteiger partial charge is 0.356 e. The van der Waals surface area contributed by atoms with E-state index in [4.69, 9.17) is 12.2 Å². The van der Waals surface area contributed by atoms with Gasteiger partial charge in [0.1, 0.15) is 0 Å². The topological polar surface area (TPSA) is 37.0 Å². The molecule has 0 aliphatic rings. The van der Waals surface area contributed by atoms with Crippen molar-refractivity contribution in [3.63, 3.8) is 0 Å². The van der Waals surface area contributed by atoms with Gasteiger partial charge in [-0.05, 0) is 55.7 Å². The van der Waals surface area contributed by atoms with Gasteiger partial charge >= 0.3 is 0 Å². The lowest BCUT2D eigenvalue weighted by atomic mass is 9.98. The molecular weight excluding hydrogens is 278 g/mol. The van der Waals surface area contributed by atoms with Crippen LogP contribution in [0.4, 0.5) is 5.69 Å². The number of aromatic nitrogens is 1. The molecule has 0 fully saturated rings. The van der Waals surface area contributed by atoms with Gasteiger partial charge in [0.05, 0.1) is 17.9 Å². The van der Waals surface area contributed by atoms with Gasteiger partial charge in [-0.2, -0.15) is 0 Å². The van der Waals surface area contributed by atoms with E-state index in [-0.39, 0.29) is 6.04 Å². The number of aryl methyl sites for hydroxylation is 2. The van der Waals surface area contributed by atoms with Crippen molar-refractivity contribution in [2.45, 2.75) is 33.2 Å². The van der Waals surface area contributed by atoms with E-state index < -0.39 is 0 Å². The monoisotopic (exact) mass is 299 g/mol. The molecule has 2 N–H and O–H groups in total.